The maximum Gasteiger partial charge on any atom is 0.508 e. The molecule has 1 amide bonds. The molecule has 0 heterocycles. The fourth-order valence-electron chi connectivity index (χ4n) is 11.6. The van der Waals surface area contributed by atoms with Gasteiger partial charge < -0.3 is 76.4 Å². The predicted octanol–water partition coefficient (Wildman–Crippen LogP) is 15.6. The number of ether oxygens (including phenoxy) is 15. The Morgan fingerprint density at radius 3 is 0.888 bits per heavy atom. The van der Waals surface area contributed by atoms with Gasteiger partial charge in [0.15, 0.2) is 0 Å². The molecule has 0 aromatic heterocycles. The standard InChI is InChI=1S/C71H117N3O24/c72-56-84-41-17-5-4-16-40-74-65(77)85-42-18-6-7-19-43-86-66(78)87-44-20-8-9-21-45-88-67(79)89-46-22-10-11-23-47-90-68(80)91-48-24-12-13-25-49-92-69(81)94-51-59-31-33-61(34-32-59)53-96-71(83)98-55-63-37-35-62(36-38-63)54-97-70(82)95-52-60-29-27-58(28-30-60)50-93-64(76)26-14-2-1-3-15-39-73-57-75/h58-63H,1-55H2,(H,74,77). The zero-order chi connectivity index (χ0) is 70.4. The van der Waals surface area contributed by atoms with Gasteiger partial charge in [0.25, 0.3) is 6.26 Å². The minimum absolute atomic E-state index is 0.154. The highest BCUT2D eigenvalue weighted by atomic mass is 16.7. The first kappa shape index (κ1) is 85.3. The van der Waals surface area contributed by atoms with Gasteiger partial charge in [0.2, 0.25) is 6.08 Å². The quantitative estimate of drug-likeness (QED) is 0.0148. The first-order valence-corrected chi connectivity index (χ1v) is 36.8. The molecule has 3 saturated carbocycles. The Hall–Kier alpha value is -6.97. The number of hydrogen-bond acceptors (Lipinski definition) is 26. The Balaban J connectivity index is 0.984. The third-order valence-corrected chi connectivity index (χ3v) is 17.7. The number of isocyanates is 1. The number of carbonyl (C=O) groups is 8. The summed E-state index contributed by atoms with van der Waals surface area (Å²) in [5, 5.41) is 11.0. The summed E-state index contributed by atoms with van der Waals surface area (Å²) in [7, 11) is 0. The molecule has 0 bridgehead atoms. The highest BCUT2D eigenvalue weighted by molar-refractivity contribution is 5.69. The van der Waals surface area contributed by atoms with E-state index < -0.39 is 43.0 Å². The van der Waals surface area contributed by atoms with Gasteiger partial charge in [-0.1, -0.05) is 25.7 Å². The van der Waals surface area contributed by atoms with Crippen LogP contribution in [-0.4, -0.2) is 167 Å². The fraction of sp³-hybridized carbons (Fsp3) is 0.859. The normalized spacial score (nSPS) is 17.9. The minimum atomic E-state index is -0.715. The molecule has 3 aliphatic rings. The van der Waals surface area contributed by atoms with Crippen LogP contribution in [0.25, 0.3) is 0 Å². The number of rotatable bonds is 55. The Morgan fingerprint density at radius 1 is 0.306 bits per heavy atom. The number of unbranched alkanes of at least 4 members (excludes halogenated alkanes) is 19. The van der Waals surface area contributed by atoms with Crippen LogP contribution in [0.3, 0.4) is 0 Å². The number of carbonyl (C=O) groups excluding carboxylic acids is 9. The predicted molar refractivity (Wildman–Crippen MR) is 355 cm³/mol. The van der Waals surface area contributed by atoms with Crippen LogP contribution >= 0.6 is 0 Å². The lowest BCUT2D eigenvalue weighted by atomic mass is 9.83. The van der Waals surface area contributed by atoms with Gasteiger partial charge in [-0.3, -0.25) is 4.79 Å². The number of hydrogen-bond donors (Lipinski definition) is 1. The fourth-order valence-corrected chi connectivity index (χ4v) is 11.6. The summed E-state index contributed by atoms with van der Waals surface area (Å²) in [6, 6.07) is 0. The third-order valence-electron chi connectivity index (χ3n) is 17.7. The van der Waals surface area contributed by atoms with Gasteiger partial charge in [-0.05, 0) is 247 Å². The van der Waals surface area contributed by atoms with E-state index in [1.165, 1.54) is 0 Å². The van der Waals surface area contributed by atoms with Crippen molar-refractivity contribution in [2.45, 2.75) is 244 Å². The number of nitriles is 1. The number of aliphatic imine (C=N–C) groups is 1. The van der Waals surface area contributed by atoms with E-state index in [2.05, 4.69) is 15.0 Å². The highest BCUT2D eigenvalue weighted by Crippen LogP contribution is 2.32. The van der Waals surface area contributed by atoms with Gasteiger partial charge in [0.05, 0.1) is 99.0 Å². The van der Waals surface area contributed by atoms with Crippen molar-refractivity contribution in [2.24, 2.45) is 40.5 Å². The van der Waals surface area contributed by atoms with Crippen LogP contribution < -0.4 is 5.32 Å². The largest absolute Gasteiger partial charge is 0.508 e. The maximum atomic E-state index is 12.4. The van der Waals surface area contributed by atoms with Crippen molar-refractivity contribution in [1.29, 1.82) is 5.26 Å². The van der Waals surface area contributed by atoms with Crippen molar-refractivity contribution in [2.75, 3.05) is 112 Å². The van der Waals surface area contributed by atoms with E-state index >= 15 is 0 Å². The molecule has 0 aromatic carbocycles. The molecule has 1 N–H and O–H groups in total. The van der Waals surface area contributed by atoms with Crippen molar-refractivity contribution in [3.63, 3.8) is 0 Å². The molecule has 0 aliphatic heterocycles. The molecular weight excluding hydrogens is 1280 g/mol. The van der Waals surface area contributed by atoms with Crippen LogP contribution in [-0.2, 0) is 80.6 Å². The zero-order valence-electron chi connectivity index (χ0n) is 58.5. The number of esters is 1. The average molecular weight is 1400 g/mol. The van der Waals surface area contributed by atoms with Crippen LogP contribution in [0.15, 0.2) is 4.99 Å². The molecule has 3 rings (SSSR count). The summed E-state index contributed by atoms with van der Waals surface area (Å²) in [5.41, 5.74) is 0. The molecule has 98 heavy (non-hydrogen) atoms. The third kappa shape index (κ3) is 50.4. The molecule has 27 heteroatoms. The van der Waals surface area contributed by atoms with E-state index in [1.54, 1.807) is 12.3 Å². The average Bonchev–Trinajstić information content (AvgIpc) is 1.19. The van der Waals surface area contributed by atoms with Crippen LogP contribution in [0, 0.1) is 47.0 Å². The second-order valence-electron chi connectivity index (χ2n) is 25.9. The van der Waals surface area contributed by atoms with Crippen LogP contribution in [0.4, 0.5) is 33.6 Å². The molecular formula is C71H117N3O24. The Morgan fingerprint density at radius 2 is 0.561 bits per heavy atom. The first-order chi connectivity index (χ1) is 47.9. The van der Waals surface area contributed by atoms with E-state index in [4.69, 9.17) is 71.6 Å². The summed E-state index contributed by atoms with van der Waals surface area (Å²) in [6.07, 6.45) is 29.4. The van der Waals surface area contributed by atoms with Crippen molar-refractivity contribution >= 4 is 55.1 Å². The smallest absolute Gasteiger partial charge is 0.465 e. The van der Waals surface area contributed by atoms with E-state index in [1.807, 2.05) is 0 Å². The van der Waals surface area contributed by atoms with E-state index in [0.29, 0.717) is 110 Å². The Labute approximate surface area is 580 Å². The number of alkyl carbamates (subject to hydrolysis) is 1. The molecule has 0 aromatic rings. The van der Waals surface area contributed by atoms with Crippen molar-refractivity contribution < 1.29 is 114 Å². The lowest BCUT2D eigenvalue weighted by Crippen LogP contribution is -2.26. The topological polar surface area (TPSA) is 340 Å². The van der Waals surface area contributed by atoms with Gasteiger partial charge in [-0.2, -0.15) is 5.26 Å². The molecule has 0 spiro atoms. The summed E-state index contributed by atoms with van der Waals surface area (Å²) in [6.45, 7) is 5.37. The maximum absolute atomic E-state index is 12.4. The molecule has 3 fully saturated rings. The molecule has 27 nitrogen and oxygen atoms in total. The number of nitrogens with one attached hydrogen (secondary N) is 1. The van der Waals surface area contributed by atoms with Gasteiger partial charge >= 0.3 is 49.0 Å². The van der Waals surface area contributed by atoms with Gasteiger partial charge in [-0.15, -0.1) is 0 Å². The summed E-state index contributed by atoms with van der Waals surface area (Å²) in [4.78, 5) is 110. The molecule has 560 valence electrons. The molecule has 0 atom stereocenters. The zero-order valence-corrected chi connectivity index (χ0v) is 58.5. The number of nitrogens with zero attached hydrogens (tertiary/aromatic N) is 2. The van der Waals surface area contributed by atoms with E-state index in [9.17, 15) is 43.2 Å². The summed E-state index contributed by atoms with van der Waals surface area (Å²) >= 11 is 0. The second-order valence-corrected chi connectivity index (χ2v) is 25.9. The van der Waals surface area contributed by atoms with Crippen molar-refractivity contribution in [3.8, 4) is 6.26 Å². The van der Waals surface area contributed by atoms with Crippen molar-refractivity contribution in [3.05, 3.63) is 0 Å². The van der Waals surface area contributed by atoms with Gasteiger partial charge in [-0.25, -0.2) is 43.3 Å². The van der Waals surface area contributed by atoms with Crippen molar-refractivity contribution in [1.82, 2.24) is 5.32 Å². The monoisotopic (exact) mass is 1400 g/mol. The first-order valence-electron chi connectivity index (χ1n) is 36.8. The molecule has 0 unspecified atom stereocenters. The van der Waals surface area contributed by atoms with Gasteiger partial charge in [0.1, 0.15) is 6.61 Å². The lowest BCUT2D eigenvalue weighted by molar-refractivity contribution is -0.145. The van der Waals surface area contributed by atoms with Crippen LogP contribution in [0.2, 0.25) is 0 Å². The molecule has 0 radical (unpaired) electrons. The molecule has 3 aliphatic carbocycles. The highest BCUT2D eigenvalue weighted by Gasteiger charge is 2.28. The second kappa shape index (κ2) is 60.0. The number of amides is 1. The van der Waals surface area contributed by atoms with Crippen LogP contribution in [0.5, 0.6) is 0 Å². The van der Waals surface area contributed by atoms with Gasteiger partial charge in [0, 0.05) is 13.0 Å². The van der Waals surface area contributed by atoms with Crippen LogP contribution in [0.1, 0.15) is 244 Å². The summed E-state index contributed by atoms with van der Waals surface area (Å²) in [5.74, 6) is 1.32. The Bertz CT molecular complexity index is 2210. The Kier molecular flexibility index (Phi) is 52.2. The minimum Gasteiger partial charge on any atom is -0.465 e. The van der Waals surface area contributed by atoms with E-state index in [-0.39, 0.29) is 95.0 Å². The van der Waals surface area contributed by atoms with E-state index in [0.717, 1.165) is 193 Å². The SMILES string of the molecule is N#COCCCCCCNC(=O)OCCCCCCOC(=O)OCCCCCCOC(=O)OCCCCCCOC(=O)OCCCCCCOC(=O)OCC1CCC(COC(=O)OCC2CCC(COC(=O)OCC3CCC(COC(=O)CCCCCCCN=C=O)CC3)CC2)CC1. The summed E-state index contributed by atoms with van der Waals surface area (Å²) < 4.78 is 78.5. The lowest BCUT2D eigenvalue weighted by Gasteiger charge is -2.29. The molecule has 0 saturated heterocycles.